The van der Waals surface area contributed by atoms with Crippen LogP contribution in [-0.4, -0.2) is 47.1 Å². The smallest absolute Gasteiger partial charge is 0.285 e. The van der Waals surface area contributed by atoms with Crippen molar-refractivity contribution >= 4 is 45.4 Å². The quantitative estimate of drug-likeness (QED) is 0.527. The fourth-order valence-corrected chi connectivity index (χ4v) is 3.66. The molecule has 0 radical (unpaired) electrons. The van der Waals surface area contributed by atoms with Crippen LogP contribution in [0.3, 0.4) is 0 Å². The van der Waals surface area contributed by atoms with Crippen LogP contribution in [0.15, 0.2) is 59.6 Å². The van der Waals surface area contributed by atoms with Gasteiger partial charge in [0.15, 0.2) is 0 Å². The van der Waals surface area contributed by atoms with E-state index >= 15 is 0 Å². The Bertz CT molecular complexity index is 1060. The van der Waals surface area contributed by atoms with Crippen LogP contribution in [0.1, 0.15) is 12.5 Å². The summed E-state index contributed by atoms with van der Waals surface area (Å²) in [6, 6.07) is 14.1. The first kappa shape index (κ1) is 21.4. The SMILES string of the molecule is CC(=O)NC(Cc1c[nH]c2ccccc12)C(=O)Nc1ccc(SC(=O)N(C)C)cc1. The van der Waals surface area contributed by atoms with Gasteiger partial charge in [0.2, 0.25) is 11.8 Å². The third-order valence-corrected chi connectivity index (χ3v) is 5.53. The highest BCUT2D eigenvalue weighted by Gasteiger charge is 2.21. The number of amides is 3. The summed E-state index contributed by atoms with van der Waals surface area (Å²) in [7, 11) is 3.39. The van der Waals surface area contributed by atoms with Crippen LogP contribution in [0.5, 0.6) is 0 Å². The predicted molar refractivity (Wildman–Crippen MR) is 120 cm³/mol. The van der Waals surface area contributed by atoms with Gasteiger partial charge >= 0.3 is 0 Å². The van der Waals surface area contributed by atoms with Crippen molar-refractivity contribution in [3.63, 3.8) is 0 Å². The monoisotopic (exact) mass is 424 g/mol. The number of H-pyrrole nitrogens is 1. The van der Waals surface area contributed by atoms with Crippen LogP contribution in [-0.2, 0) is 16.0 Å². The topological polar surface area (TPSA) is 94.3 Å². The second-order valence-corrected chi connectivity index (χ2v) is 8.12. The molecule has 0 bridgehead atoms. The number of aromatic amines is 1. The molecular formula is C22H24N4O3S. The molecule has 0 fully saturated rings. The van der Waals surface area contributed by atoms with Gasteiger partial charge in [-0.2, -0.15) is 0 Å². The molecule has 3 amide bonds. The Morgan fingerprint density at radius 1 is 1.07 bits per heavy atom. The molecule has 7 nitrogen and oxygen atoms in total. The minimum absolute atomic E-state index is 0.0729. The van der Waals surface area contributed by atoms with E-state index in [0.717, 1.165) is 33.1 Å². The van der Waals surface area contributed by atoms with Crippen molar-refractivity contribution < 1.29 is 14.4 Å². The maximum absolute atomic E-state index is 12.9. The van der Waals surface area contributed by atoms with Gasteiger partial charge in [0.05, 0.1) is 0 Å². The zero-order chi connectivity index (χ0) is 21.7. The zero-order valence-corrected chi connectivity index (χ0v) is 17.9. The van der Waals surface area contributed by atoms with Gasteiger partial charge in [0, 0.05) is 55.1 Å². The van der Waals surface area contributed by atoms with Gasteiger partial charge in [0.25, 0.3) is 5.24 Å². The molecule has 156 valence electrons. The number of thioether (sulfide) groups is 1. The van der Waals surface area contributed by atoms with Gasteiger partial charge in [-0.3, -0.25) is 14.4 Å². The van der Waals surface area contributed by atoms with Crippen molar-refractivity contribution in [3.8, 4) is 0 Å². The Hall–Kier alpha value is -3.26. The maximum atomic E-state index is 12.9. The molecule has 3 N–H and O–H groups in total. The highest BCUT2D eigenvalue weighted by Crippen LogP contribution is 2.23. The van der Waals surface area contributed by atoms with Crippen LogP contribution >= 0.6 is 11.8 Å². The number of nitrogens with one attached hydrogen (secondary N) is 3. The van der Waals surface area contributed by atoms with Crippen molar-refractivity contribution in [3.05, 3.63) is 60.3 Å². The number of rotatable bonds is 6. The molecule has 0 aliphatic heterocycles. The van der Waals surface area contributed by atoms with E-state index < -0.39 is 6.04 Å². The Morgan fingerprint density at radius 3 is 2.43 bits per heavy atom. The highest BCUT2D eigenvalue weighted by atomic mass is 32.2. The number of hydrogen-bond acceptors (Lipinski definition) is 4. The van der Waals surface area contributed by atoms with Crippen LogP contribution in [0, 0.1) is 0 Å². The summed E-state index contributed by atoms with van der Waals surface area (Å²) in [5.74, 6) is -0.579. The molecule has 1 heterocycles. The third-order valence-electron chi connectivity index (χ3n) is 4.49. The molecule has 2 aromatic carbocycles. The summed E-state index contributed by atoms with van der Waals surface area (Å²) < 4.78 is 0. The third kappa shape index (κ3) is 5.42. The summed E-state index contributed by atoms with van der Waals surface area (Å²) in [6.07, 6.45) is 2.22. The van der Waals surface area contributed by atoms with E-state index in [1.54, 1.807) is 38.4 Å². The first-order valence-corrected chi connectivity index (χ1v) is 10.3. The average Bonchev–Trinajstić information content (AvgIpc) is 3.11. The van der Waals surface area contributed by atoms with Gasteiger partial charge in [-0.25, -0.2) is 0 Å². The first-order valence-electron chi connectivity index (χ1n) is 9.45. The van der Waals surface area contributed by atoms with E-state index in [2.05, 4.69) is 15.6 Å². The maximum Gasteiger partial charge on any atom is 0.285 e. The first-order chi connectivity index (χ1) is 14.3. The Kier molecular flexibility index (Phi) is 6.79. The van der Waals surface area contributed by atoms with Gasteiger partial charge < -0.3 is 20.5 Å². The van der Waals surface area contributed by atoms with Crippen LogP contribution < -0.4 is 10.6 Å². The fraction of sp³-hybridized carbons (Fsp3) is 0.227. The van der Waals surface area contributed by atoms with E-state index in [9.17, 15) is 14.4 Å². The van der Waals surface area contributed by atoms with Gasteiger partial charge in [-0.05, 0) is 47.7 Å². The number of fused-ring (bicyclic) bond motifs is 1. The van der Waals surface area contributed by atoms with Crippen LogP contribution in [0.2, 0.25) is 0 Å². The molecule has 0 spiro atoms. The summed E-state index contributed by atoms with van der Waals surface area (Å²) in [4.78, 5) is 41.8. The molecule has 1 unspecified atom stereocenters. The second-order valence-electron chi connectivity index (χ2n) is 7.09. The van der Waals surface area contributed by atoms with Crippen molar-refractivity contribution in [2.45, 2.75) is 24.3 Å². The lowest BCUT2D eigenvalue weighted by Crippen LogP contribution is -2.44. The van der Waals surface area contributed by atoms with E-state index in [4.69, 9.17) is 0 Å². The van der Waals surface area contributed by atoms with E-state index in [1.165, 1.54) is 11.8 Å². The highest BCUT2D eigenvalue weighted by molar-refractivity contribution is 8.13. The zero-order valence-electron chi connectivity index (χ0n) is 17.1. The van der Waals surface area contributed by atoms with Crippen LogP contribution in [0.25, 0.3) is 10.9 Å². The molecule has 30 heavy (non-hydrogen) atoms. The van der Waals surface area contributed by atoms with Crippen molar-refractivity contribution in [1.29, 1.82) is 0 Å². The van der Waals surface area contributed by atoms with Crippen molar-refractivity contribution in [2.75, 3.05) is 19.4 Å². The van der Waals surface area contributed by atoms with E-state index in [1.807, 2.05) is 30.5 Å². The fourth-order valence-electron chi connectivity index (χ4n) is 3.00. The number of carbonyl (C=O) groups is 3. The Balaban J connectivity index is 1.71. The number of nitrogens with zero attached hydrogens (tertiary/aromatic N) is 1. The molecule has 3 rings (SSSR count). The Morgan fingerprint density at radius 2 is 1.77 bits per heavy atom. The summed E-state index contributed by atoms with van der Waals surface area (Å²) in [5.41, 5.74) is 2.53. The normalized spacial score (nSPS) is 11.7. The van der Waals surface area contributed by atoms with E-state index in [-0.39, 0.29) is 17.1 Å². The van der Waals surface area contributed by atoms with Crippen LogP contribution in [0.4, 0.5) is 10.5 Å². The summed E-state index contributed by atoms with van der Waals surface area (Å²) in [5, 5.41) is 6.52. The second kappa shape index (κ2) is 9.49. The van der Waals surface area contributed by atoms with Gasteiger partial charge in [-0.1, -0.05) is 18.2 Å². The number of hydrogen-bond donors (Lipinski definition) is 3. The molecule has 0 aliphatic carbocycles. The molecular weight excluding hydrogens is 400 g/mol. The molecule has 8 heteroatoms. The molecule has 0 aliphatic rings. The lowest BCUT2D eigenvalue weighted by molar-refractivity contribution is -0.125. The molecule has 0 saturated carbocycles. The molecule has 3 aromatic rings. The summed E-state index contributed by atoms with van der Waals surface area (Å²) >= 11 is 1.11. The summed E-state index contributed by atoms with van der Waals surface area (Å²) in [6.45, 7) is 1.39. The molecule has 1 atom stereocenters. The lowest BCUT2D eigenvalue weighted by Gasteiger charge is -2.17. The molecule has 0 saturated heterocycles. The number of benzene rings is 2. The van der Waals surface area contributed by atoms with Crippen molar-refractivity contribution in [2.24, 2.45) is 0 Å². The standard InChI is InChI=1S/C22H24N4O3S/c1-14(27)24-20(12-15-13-23-19-7-5-4-6-18(15)19)21(28)25-16-8-10-17(11-9-16)30-22(29)26(2)3/h4-11,13,20,23H,12H2,1-3H3,(H,24,27)(H,25,28). The van der Waals surface area contributed by atoms with Gasteiger partial charge in [0.1, 0.15) is 6.04 Å². The number of para-hydroxylation sites is 1. The number of aromatic nitrogens is 1. The number of anilines is 1. The largest absolute Gasteiger partial charge is 0.361 e. The van der Waals surface area contributed by atoms with Gasteiger partial charge in [-0.15, -0.1) is 0 Å². The van der Waals surface area contributed by atoms with E-state index in [0.29, 0.717) is 12.1 Å². The lowest BCUT2D eigenvalue weighted by atomic mass is 10.0. The minimum Gasteiger partial charge on any atom is -0.361 e. The van der Waals surface area contributed by atoms with Crippen molar-refractivity contribution in [1.82, 2.24) is 15.2 Å². The minimum atomic E-state index is -0.717. The average molecular weight is 425 g/mol. The Labute approximate surface area is 179 Å². The predicted octanol–water partition coefficient (Wildman–Crippen LogP) is 3.63. The number of carbonyl (C=O) groups excluding carboxylic acids is 3. The molecule has 1 aromatic heterocycles.